The van der Waals surface area contributed by atoms with Gasteiger partial charge in [-0.3, -0.25) is 0 Å². The number of nitrogens with two attached hydrogens (primary N) is 1. The Morgan fingerprint density at radius 1 is 0.581 bits per heavy atom. The minimum absolute atomic E-state index is 0.669. The lowest BCUT2D eigenvalue weighted by Gasteiger charge is -2.11. The van der Waals surface area contributed by atoms with Crippen molar-refractivity contribution in [3.8, 4) is 45.3 Å². The van der Waals surface area contributed by atoms with Crippen LogP contribution in [0, 0.1) is 6.92 Å². The van der Waals surface area contributed by atoms with Crippen LogP contribution < -0.4 is 5.73 Å². The highest BCUT2D eigenvalue weighted by Gasteiger charge is 2.13. The van der Waals surface area contributed by atoms with Crippen LogP contribution in [0.3, 0.4) is 0 Å². The predicted molar refractivity (Wildman–Crippen MR) is 183 cm³/mol. The lowest BCUT2D eigenvalue weighted by atomic mass is 9.98. The van der Waals surface area contributed by atoms with E-state index >= 15 is 0 Å². The molecular formula is C39H38N4. The maximum atomic E-state index is 4.91. The van der Waals surface area contributed by atoms with Gasteiger partial charge in [-0.25, -0.2) is 15.0 Å². The van der Waals surface area contributed by atoms with E-state index in [-0.39, 0.29) is 0 Å². The molecule has 2 N–H and O–H groups in total. The first-order valence-corrected chi connectivity index (χ1v) is 14.4. The van der Waals surface area contributed by atoms with Crippen LogP contribution in [0.4, 0.5) is 0 Å². The molecule has 4 nitrogen and oxygen atoms in total. The number of allylic oxidation sites excluding steroid dienone is 5. The van der Waals surface area contributed by atoms with Gasteiger partial charge in [-0.15, -0.1) is 6.58 Å². The second-order valence-electron chi connectivity index (χ2n) is 9.98. The molecule has 0 radical (unpaired) electrons. The van der Waals surface area contributed by atoms with Crippen molar-refractivity contribution in [2.45, 2.75) is 26.7 Å². The average Bonchev–Trinajstić information content (AvgIpc) is 3.07. The van der Waals surface area contributed by atoms with Crippen LogP contribution in [-0.4, -0.2) is 15.0 Å². The summed E-state index contributed by atoms with van der Waals surface area (Å²) >= 11 is 0. The highest BCUT2D eigenvalue weighted by atomic mass is 15.0. The molecule has 0 fully saturated rings. The maximum absolute atomic E-state index is 4.91. The summed E-state index contributed by atoms with van der Waals surface area (Å²) in [5.74, 6) is 2.02. The minimum Gasteiger partial charge on any atom is -0.405 e. The van der Waals surface area contributed by atoms with Gasteiger partial charge in [-0.2, -0.15) is 0 Å². The van der Waals surface area contributed by atoms with E-state index in [1.54, 1.807) is 6.08 Å². The summed E-state index contributed by atoms with van der Waals surface area (Å²) in [5.41, 5.74) is 13.6. The van der Waals surface area contributed by atoms with Crippen molar-refractivity contribution >= 4 is 5.57 Å². The molecule has 4 aromatic carbocycles. The predicted octanol–water partition coefficient (Wildman–Crippen LogP) is 9.86. The quantitative estimate of drug-likeness (QED) is 0.217. The fourth-order valence-electron chi connectivity index (χ4n) is 4.55. The Balaban J connectivity index is 0.000000653. The molecule has 1 aromatic heterocycles. The summed E-state index contributed by atoms with van der Waals surface area (Å²) in [4.78, 5) is 14.7. The number of aromatic nitrogens is 3. The van der Waals surface area contributed by atoms with E-state index in [1.165, 1.54) is 34.0 Å². The third-order valence-electron chi connectivity index (χ3n) is 6.67. The fraction of sp³-hybridized carbons (Fsp3) is 0.103. The Labute approximate surface area is 255 Å². The molecule has 6 rings (SSSR count). The van der Waals surface area contributed by atoms with Crippen LogP contribution in [0.15, 0.2) is 147 Å². The fourth-order valence-corrected chi connectivity index (χ4v) is 4.55. The van der Waals surface area contributed by atoms with Crippen LogP contribution in [0.25, 0.3) is 50.9 Å². The Kier molecular flexibility index (Phi) is 11.1. The van der Waals surface area contributed by atoms with Crippen LogP contribution in [0.1, 0.15) is 30.9 Å². The summed E-state index contributed by atoms with van der Waals surface area (Å²) < 4.78 is 0. The highest BCUT2D eigenvalue weighted by Crippen LogP contribution is 2.28. The minimum atomic E-state index is 0.669. The molecule has 0 bridgehead atoms. The van der Waals surface area contributed by atoms with Crippen molar-refractivity contribution in [1.82, 2.24) is 15.0 Å². The molecule has 214 valence electrons. The van der Waals surface area contributed by atoms with Gasteiger partial charge >= 0.3 is 0 Å². The molecule has 43 heavy (non-hydrogen) atoms. The summed E-state index contributed by atoms with van der Waals surface area (Å²) in [6.45, 7) is 10.5. The second-order valence-corrected chi connectivity index (χ2v) is 9.98. The van der Waals surface area contributed by atoms with Crippen molar-refractivity contribution in [2.75, 3.05) is 0 Å². The van der Waals surface area contributed by atoms with Gasteiger partial charge in [0.25, 0.3) is 0 Å². The van der Waals surface area contributed by atoms with Crippen molar-refractivity contribution in [3.05, 3.63) is 158 Å². The van der Waals surface area contributed by atoms with E-state index in [9.17, 15) is 0 Å². The lowest BCUT2D eigenvalue weighted by molar-refractivity contribution is 1.04. The van der Waals surface area contributed by atoms with Gasteiger partial charge in [0, 0.05) is 16.7 Å². The lowest BCUT2D eigenvalue weighted by Crippen LogP contribution is -2.00. The number of benzene rings is 4. The van der Waals surface area contributed by atoms with Gasteiger partial charge < -0.3 is 5.73 Å². The molecule has 0 amide bonds. The van der Waals surface area contributed by atoms with E-state index in [2.05, 4.69) is 141 Å². The SMILES string of the molecule is C=CC.C=CN.Cc1ccc(-c2nc(-c3ccc(C4=CCCC=C4)cc3)nc(-c3ccc(-c4ccccc4)cc3)n2)cc1. The number of nitrogens with zero attached hydrogens (tertiary/aromatic N) is 3. The van der Waals surface area contributed by atoms with E-state index in [1.807, 2.05) is 13.0 Å². The van der Waals surface area contributed by atoms with Crippen molar-refractivity contribution < 1.29 is 0 Å². The molecule has 1 heterocycles. The Bertz CT molecular complexity index is 1670. The van der Waals surface area contributed by atoms with Gasteiger partial charge in [-0.05, 0) is 55.2 Å². The largest absolute Gasteiger partial charge is 0.405 e. The zero-order chi connectivity index (χ0) is 30.4. The summed E-state index contributed by atoms with van der Waals surface area (Å²) in [7, 11) is 0. The first-order chi connectivity index (χ1) is 21.1. The van der Waals surface area contributed by atoms with Gasteiger partial charge in [0.05, 0.1) is 0 Å². The molecule has 1 aliphatic rings. The summed E-state index contributed by atoms with van der Waals surface area (Å²) in [6, 6.07) is 35.7. The Hall–Kier alpha value is -5.35. The van der Waals surface area contributed by atoms with Crippen LogP contribution >= 0.6 is 0 Å². The molecule has 0 saturated heterocycles. The standard InChI is InChI=1S/C34H27N3.C3H6.C2H5N/c1-24-12-14-29(15-13-24)32-35-33(30-20-16-27(17-21-30)25-8-4-2-5-9-25)37-34(36-32)31-22-18-28(19-23-31)26-10-6-3-7-11-26;1-3-2;1-2-3/h2,4-6,8-23H,3,7H2,1H3;3H,1H2,2H3;2H,1,3H2. The van der Waals surface area contributed by atoms with E-state index in [0.29, 0.717) is 17.5 Å². The molecule has 0 saturated carbocycles. The number of hydrogen-bond acceptors (Lipinski definition) is 4. The topological polar surface area (TPSA) is 64.7 Å². The molecule has 0 spiro atoms. The van der Waals surface area contributed by atoms with E-state index < -0.39 is 0 Å². The van der Waals surface area contributed by atoms with Crippen molar-refractivity contribution in [1.29, 1.82) is 0 Å². The summed E-state index contributed by atoms with van der Waals surface area (Å²) in [5, 5.41) is 0. The van der Waals surface area contributed by atoms with Gasteiger partial charge in [0.1, 0.15) is 0 Å². The van der Waals surface area contributed by atoms with E-state index in [4.69, 9.17) is 15.0 Å². The Morgan fingerprint density at radius 2 is 0.977 bits per heavy atom. The van der Waals surface area contributed by atoms with Crippen LogP contribution in [0.5, 0.6) is 0 Å². The third kappa shape index (κ3) is 8.34. The monoisotopic (exact) mass is 562 g/mol. The summed E-state index contributed by atoms with van der Waals surface area (Å²) in [6.07, 6.45) is 11.9. The van der Waals surface area contributed by atoms with E-state index in [0.717, 1.165) is 29.5 Å². The van der Waals surface area contributed by atoms with Crippen LogP contribution in [-0.2, 0) is 0 Å². The number of aryl methyl sites for hydroxylation is 1. The van der Waals surface area contributed by atoms with Gasteiger partial charge in [0.15, 0.2) is 17.5 Å². The normalized spacial score (nSPS) is 11.6. The smallest absolute Gasteiger partial charge is 0.164 e. The third-order valence-corrected chi connectivity index (χ3v) is 6.67. The molecule has 4 heteroatoms. The van der Waals surface area contributed by atoms with Gasteiger partial charge in [0.2, 0.25) is 0 Å². The first-order valence-electron chi connectivity index (χ1n) is 14.4. The maximum Gasteiger partial charge on any atom is 0.164 e. The number of hydrogen-bond donors (Lipinski definition) is 1. The number of rotatable bonds is 5. The van der Waals surface area contributed by atoms with Crippen molar-refractivity contribution in [3.63, 3.8) is 0 Å². The molecule has 0 aliphatic heterocycles. The molecule has 1 aliphatic carbocycles. The second kappa shape index (κ2) is 15.6. The molecule has 0 unspecified atom stereocenters. The molecule has 0 atom stereocenters. The zero-order valence-corrected chi connectivity index (χ0v) is 24.9. The molecule has 5 aromatic rings. The Morgan fingerprint density at radius 3 is 1.42 bits per heavy atom. The molecular weight excluding hydrogens is 524 g/mol. The van der Waals surface area contributed by atoms with Crippen molar-refractivity contribution in [2.24, 2.45) is 5.73 Å². The highest BCUT2D eigenvalue weighted by molar-refractivity contribution is 5.76. The zero-order valence-electron chi connectivity index (χ0n) is 24.9. The first kappa shape index (κ1) is 30.6. The van der Waals surface area contributed by atoms with Gasteiger partial charge in [-0.1, -0.05) is 140 Å². The van der Waals surface area contributed by atoms with Crippen LogP contribution in [0.2, 0.25) is 0 Å². The average molecular weight is 563 g/mol.